The number of rotatable bonds is 4. The predicted molar refractivity (Wildman–Crippen MR) is 84.3 cm³/mol. The third-order valence-corrected chi connectivity index (χ3v) is 4.02. The number of nitrogens with one attached hydrogen (secondary N) is 2. The average Bonchev–Trinajstić information content (AvgIpc) is 2.56. The van der Waals surface area contributed by atoms with Crippen molar-refractivity contribution in [3.8, 4) is 0 Å². The van der Waals surface area contributed by atoms with Crippen LogP contribution < -0.4 is 15.5 Å². The number of nitrogens with zero attached hydrogens (tertiary/aromatic N) is 3. The fraction of sp³-hybridized carbons (Fsp3) is 0.333. The van der Waals surface area contributed by atoms with E-state index in [-0.39, 0.29) is 12.0 Å². The minimum Gasteiger partial charge on any atom is -0.337 e. The molecule has 2 N–H and O–H groups in total. The summed E-state index contributed by atoms with van der Waals surface area (Å²) in [5.41, 5.74) is 0.480. The van der Waals surface area contributed by atoms with E-state index in [1.54, 1.807) is 30.7 Å². The Hall–Kier alpha value is -1.76. The summed E-state index contributed by atoms with van der Waals surface area (Å²) in [7, 11) is 0. The van der Waals surface area contributed by atoms with Crippen molar-refractivity contribution >= 4 is 17.4 Å². The molecule has 116 valence electrons. The molecule has 2 heterocycles. The minimum atomic E-state index is -0.296. The van der Waals surface area contributed by atoms with Crippen LogP contribution in [-0.4, -0.2) is 35.8 Å². The summed E-state index contributed by atoms with van der Waals surface area (Å²) < 4.78 is 13.8. The number of anilines is 1. The summed E-state index contributed by atoms with van der Waals surface area (Å²) in [6, 6.07) is 4.72. The molecule has 0 radical (unpaired) electrons. The molecular weight excluding hydrogens is 305 g/mol. The molecular formula is C15H17ClFN5. The molecule has 1 saturated heterocycles. The molecule has 0 saturated carbocycles. The predicted octanol–water partition coefficient (Wildman–Crippen LogP) is 1.79. The maximum Gasteiger partial charge on any atom is 0.148 e. The molecule has 0 aliphatic carbocycles. The van der Waals surface area contributed by atoms with Gasteiger partial charge < -0.3 is 10.2 Å². The van der Waals surface area contributed by atoms with Gasteiger partial charge in [-0.1, -0.05) is 17.7 Å². The highest BCUT2D eigenvalue weighted by Crippen LogP contribution is 2.19. The van der Waals surface area contributed by atoms with Crippen LogP contribution in [0, 0.1) is 5.82 Å². The smallest absolute Gasteiger partial charge is 0.148 e. The van der Waals surface area contributed by atoms with Crippen LogP contribution in [0.3, 0.4) is 0 Å². The van der Waals surface area contributed by atoms with E-state index in [9.17, 15) is 4.39 Å². The Balaban J connectivity index is 1.72. The quantitative estimate of drug-likeness (QED) is 0.899. The second kappa shape index (κ2) is 7.00. The highest BCUT2D eigenvalue weighted by Gasteiger charge is 2.23. The first-order valence-electron chi connectivity index (χ1n) is 7.15. The monoisotopic (exact) mass is 321 g/mol. The fourth-order valence-electron chi connectivity index (χ4n) is 2.52. The zero-order chi connectivity index (χ0) is 15.4. The third-order valence-electron chi connectivity index (χ3n) is 3.66. The van der Waals surface area contributed by atoms with Gasteiger partial charge in [-0.3, -0.25) is 10.3 Å². The Bertz CT molecular complexity index is 604. The van der Waals surface area contributed by atoms with Crippen LogP contribution in [-0.2, 0) is 6.54 Å². The molecule has 3 rings (SSSR count). The molecule has 1 atom stereocenters. The van der Waals surface area contributed by atoms with Gasteiger partial charge >= 0.3 is 0 Å². The van der Waals surface area contributed by atoms with Gasteiger partial charge in [0.2, 0.25) is 0 Å². The highest BCUT2D eigenvalue weighted by molar-refractivity contribution is 6.31. The van der Waals surface area contributed by atoms with E-state index in [1.807, 2.05) is 0 Å². The summed E-state index contributed by atoms with van der Waals surface area (Å²) in [6.45, 7) is 2.77. The largest absolute Gasteiger partial charge is 0.337 e. The summed E-state index contributed by atoms with van der Waals surface area (Å²) in [5, 5.41) is 7.09. The lowest BCUT2D eigenvalue weighted by Gasteiger charge is -2.37. The maximum absolute atomic E-state index is 13.8. The number of hydrogen-bond donors (Lipinski definition) is 2. The van der Waals surface area contributed by atoms with Gasteiger partial charge in [0.1, 0.15) is 11.6 Å². The van der Waals surface area contributed by atoms with Crippen molar-refractivity contribution in [2.45, 2.75) is 12.7 Å². The Labute approximate surface area is 133 Å². The molecule has 22 heavy (non-hydrogen) atoms. The molecule has 1 aromatic heterocycles. The number of aromatic nitrogens is 2. The zero-order valence-electron chi connectivity index (χ0n) is 12.0. The van der Waals surface area contributed by atoms with E-state index >= 15 is 0 Å². The summed E-state index contributed by atoms with van der Waals surface area (Å²) in [4.78, 5) is 10.6. The first-order valence-corrected chi connectivity index (χ1v) is 7.53. The molecule has 1 aliphatic heterocycles. The summed E-state index contributed by atoms with van der Waals surface area (Å²) in [5.74, 6) is 0.510. The normalized spacial score (nSPS) is 18.5. The van der Waals surface area contributed by atoms with Gasteiger partial charge in [-0.2, -0.15) is 0 Å². The number of piperazine rings is 1. The van der Waals surface area contributed by atoms with Gasteiger partial charge in [-0.05, 0) is 12.1 Å². The van der Waals surface area contributed by atoms with Crippen LogP contribution >= 0.6 is 11.6 Å². The molecule has 0 bridgehead atoms. The topological polar surface area (TPSA) is 53.1 Å². The van der Waals surface area contributed by atoms with E-state index in [2.05, 4.69) is 25.5 Å². The van der Waals surface area contributed by atoms with E-state index < -0.39 is 0 Å². The Morgan fingerprint density at radius 2 is 2.32 bits per heavy atom. The molecule has 2 aromatic rings. The standard InChI is InChI=1S/C15H17ClFN5/c16-12-2-1-3-13(17)11(12)8-21-15-10-19-6-7-22(15)14-9-18-4-5-20-14/h1-5,9,15,19,21H,6-8,10H2. The van der Waals surface area contributed by atoms with E-state index in [0.717, 1.165) is 25.5 Å². The van der Waals surface area contributed by atoms with Crippen molar-refractivity contribution in [2.75, 3.05) is 24.5 Å². The van der Waals surface area contributed by atoms with Crippen molar-refractivity contribution in [3.05, 3.63) is 53.2 Å². The van der Waals surface area contributed by atoms with Crippen molar-refractivity contribution < 1.29 is 4.39 Å². The lowest BCUT2D eigenvalue weighted by molar-refractivity contribution is 0.403. The Morgan fingerprint density at radius 1 is 1.41 bits per heavy atom. The van der Waals surface area contributed by atoms with Crippen LogP contribution in [0.15, 0.2) is 36.8 Å². The van der Waals surface area contributed by atoms with Gasteiger partial charge in [0.05, 0.1) is 12.4 Å². The number of hydrogen-bond acceptors (Lipinski definition) is 5. The molecule has 1 aromatic carbocycles. The van der Waals surface area contributed by atoms with E-state index in [0.29, 0.717) is 17.1 Å². The molecule has 5 nitrogen and oxygen atoms in total. The third kappa shape index (κ3) is 3.35. The van der Waals surface area contributed by atoms with Gasteiger partial charge in [-0.15, -0.1) is 0 Å². The second-order valence-corrected chi connectivity index (χ2v) is 5.47. The van der Waals surface area contributed by atoms with E-state index in [4.69, 9.17) is 11.6 Å². The van der Waals surface area contributed by atoms with Crippen molar-refractivity contribution in [1.29, 1.82) is 0 Å². The molecule has 1 unspecified atom stereocenters. The van der Waals surface area contributed by atoms with Crippen LogP contribution in [0.5, 0.6) is 0 Å². The van der Waals surface area contributed by atoms with Crippen molar-refractivity contribution in [1.82, 2.24) is 20.6 Å². The maximum atomic E-state index is 13.8. The van der Waals surface area contributed by atoms with Crippen LogP contribution in [0.1, 0.15) is 5.56 Å². The van der Waals surface area contributed by atoms with E-state index in [1.165, 1.54) is 6.07 Å². The van der Waals surface area contributed by atoms with Crippen LogP contribution in [0.25, 0.3) is 0 Å². The Morgan fingerprint density at radius 3 is 3.09 bits per heavy atom. The van der Waals surface area contributed by atoms with Gasteiger partial charge in [0.15, 0.2) is 0 Å². The Kier molecular flexibility index (Phi) is 4.82. The number of benzene rings is 1. The average molecular weight is 322 g/mol. The molecule has 0 amide bonds. The second-order valence-electron chi connectivity index (χ2n) is 5.06. The van der Waals surface area contributed by atoms with Gasteiger partial charge in [-0.25, -0.2) is 9.37 Å². The SMILES string of the molecule is Fc1cccc(Cl)c1CNC1CNCCN1c1cnccn1. The van der Waals surface area contributed by atoms with Crippen molar-refractivity contribution in [3.63, 3.8) is 0 Å². The molecule has 7 heteroatoms. The lowest BCUT2D eigenvalue weighted by Crippen LogP contribution is -2.58. The summed E-state index contributed by atoms with van der Waals surface area (Å²) >= 11 is 6.07. The van der Waals surface area contributed by atoms with Gasteiger partial charge in [0.25, 0.3) is 0 Å². The first kappa shape index (κ1) is 15.1. The fourth-order valence-corrected chi connectivity index (χ4v) is 2.75. The van der Waals surface area contributed by atoms with Crippen molar-refractivity contribution in [2.24, 2.45) is 0 Å². The zero-order valence-corrected chi connectivity index (χ0v) is 12.7. The minimum absolute atomic E-state index is 0.00104. The molecule has 1 aliphatic rings. The highest BCUT2D eigenvalue weighted by atomic mass is 35.5. The lowest BCUT2D eigenvalue weighted by atomic mass is 10.2. The molecule has 1 fully saturated rings. The first-order chi connectivity index (χ1) is 10.8. The summed E-state index contributed by atoms with van der Waals surface area (Å²) in [6.07, 6.45) is 5.05. The van der Waals surface area contributed by atoms with Crippen LogP contribution in [0.2, 0.25) is 5.02 Å². The van der Waals surface area contributed by atoms with Crippen LogP contribution in [0.4, 0.5) is 10.2 Å². The molecule has 0 spiro atoms. The number of halogens is 2. The van der Waals surface area contributed by atoms with Gasteiger partial charge in [0, 0.05) is 49.2 Å².